The molecule has 0 aromatic heterocycles. The second-order valence-electron chi connectivity index (χ2n) is 4.37. The number of rotatable bonds is 4. The Bertz CT molecular complexity index is 641. The molecule has 0 aliphatic heterocycles. The number of nitro benzene ring substituents is 1. The number of nitrogens with zero attached hydrogens (tertiary/aromatic N) is 1. The molecule has 0 spiro atoms. The van der Waals surface area contributed by atoms with E-state index in [1.807, 2.05) is 25.1 Å². The normalized spacial score (nSPS) is 10.3. The van der Waals surface area contributed by atoms with Gasteiger partial charge in [-0.2, -0.15) is 0 Å². The summed E-state index contributed by atoms with van der Waals surface area (Å²) < 4.78 is 0.952. The zero-order chi connectivity index (χ0) is 14.7. The molecule has 0 radical (unpaired) electrons. The minimum absolute atomic E-state index is 0.0247. The molecule has 20 heavy (non-hydrogen) atoms. The van der Waals surface area contributed by atoms with Gasteiger partial charge in [-0.25, -0.2) is 0 Å². The van der Waals surface area contributed by atoms with Gasteiger partial charge in [0.25, 0.3) is 5.69 Å². The maximum Gasteiger partial charge on any atom is 0.275 e. The number of anilines is 1. The van der Waals surface area contributed by atoms with Crippen LogP contribution in [0, 0.1) is 17.0 Å². The highest BCUT2D eigenvalue weighted by Crippen LogP contribution is 2.27. The van der Waals surface area contributed by atoms with E-state index in [0.29, 0.717) is 17.1 Å². The molecule has 0 amide bonds. The van der Waals surface area contributed by atoms with E-state index in [1.54, 1.807) is 12.1 Å². The molecule has 104 valence electrons. The predicted molar refractivity (Wildman–Crippen MR) is 84.3 cm³/mol. The topological polar surface area (TPSA) is 55.2 Å². The van der Waals surface area contributed by atoms with Crippen molar-refractivity contribution in [3.8, 4) is 0 Å². The number of nitrogens with one attached hydrogen (secondary N) is 1. The highest BCUT2D eigenvalue weighted by atomic mass is 79.9. The van der Waals surface area contributed by atoms with Crippen LogP contribution in [0.3, 0.4) is 0 Å². The largest absolute Gasteiger partial charge is 0.381 e. The van der Waals surface area contributed by atoms with E-state index in [0.717, 1.165) is 15.7 Å². The van der Waals surface area contributed by atoms with Gasteiger partial charge < -0.3 is 5.32 Å². The number of hydrogen-bond acceptors (Lipinski definition) is 3. The summed E-state index contributed by atoms with van der Waals surface area (Å²) in [6, 6.07) is 10.5. The van der Waals surface area contributed by atoms with Crippen molar-refractivity contribution in [3.63, 3.8) is 0 Å². The lowest BCUT2D eigenvalue weighted by Crippen LogP contribution is -2.04. The number of aryl methyl sites for hydroxylation is 1. The lowest BCUT2D eigenvalue weighted by atomic mass is 10.1. The van der Waals surface area contributed by atoms with Crippen LogP contribution in [-0.4, -0.2) is 4.92 Å². The molecule has 0 saturated heterocycles. The van der Waals surface area contributed by atoms with Gasteiger partial charge in [0.1, 0.15) is 0 Å². The second kappa shape index (κ2) is 6.24. The molecular weight excluding hydrogens is 344 g/mol. The van der Waals surface area contributed by atoms with Crippen LogP contribution >= 0.6 is 27.5 Å². The summed E-state index contributed by atoms with van der Waals surface area (Å²) in [6.07, 6.45) is 0. The maximum atomic E-state index is 11.0. The lowest BCUT2D eigenvalue weighted by Gasteiger charge is -2.10. The zero-order valence-corrected chi connectivity index (χ0v) is 13.0. The van der Waals surface area contributed by atoms with Crippen LogP contribution in [0.4, 0.5) is 11.4 Å². The van der Waals surface area contributed by atoms with Crippen molar-refractivity contribution < 1.29 is 4.92 Å². The maximum absolute atomic E-state index is 11.0. The van der Waals surface area contributed by atoms with Crippen molar-refractivity contribution in [2.75, 3.05) is 5.32 Å². The second-order valence-corrected chi connectivity index (χ2v) is 5.69. The molecule has 4 nitrogen and oxygen atoms in total. The fourth-order valence-corrected chi connectivity index (χ4v) is 2.77. The smallest absolute Gasteiger partial charge is 0.275 e. The third-order valence-corrected chi connectivity index (χ3v) is 3.61. The van der Waals surface area contributed by atoms with E-state index < -0.39 is 4.92 Å². The highest BCUT2D eigenvalue weighted by Gasteiger charge is 2.16. The Kier molecular flexibility index (Phi) is 4.62. The van der Waals surface area contributed by atoms with Crippen LogP contribution in [0.2, 0.25) is 5.02 Å². The molecule has 0 aliphatic rings. The van der Waals surface area contributed by atoms with E-state index in [9.17, 15) is 10.1 Å². The first-order valence-electron chi connectivity index (χ1n) is 5.90. The third kappa shape index (κ3) is 3.49. The SMILES string of the molecule is Cc1cc(Br)cc(NCc2c(Cl)cccc2[N+](=O)[O-])c1. The molecule has 2 aromatic carbocycles. The van der Waals surface area contributed by atoms with Crippen molar-refractivity contribution in [2.45, 2.75) is 13.5 Å². The molecular formula is C14H12BrClN2O2. The average molecular weight is 356 g/mol. The summed E-state index contributed by atoms with van der Waals surface area (Å²) >= 11 is 9.47. The molecule has 0 atom stereocenters. The van der Waals surface area contributed by atoms with Crippen LogP contribution in [0.25, 0.3) is 0 Å². The predicted octanol–water partition coefficient (Wildman–Crippen LogP) is 4.93. The van der Waals surface area contributed by atoms with Crippen LogP contribution in [0.5, 0.6) is 0 Å². The Balaban J connectivity index is 2.25. The van der Waals surface area contributed by atoms with E-state index >= 15 is 0 Å². The highest BCUT2D eigenvalue weighted by molar-refractivity contribution is 9.10. The van der Waals surface area contributed by atoms with Crippen LogP contribution in [0.1, 0.15) is 11.1 Å². The summed E-state index contributed by atoms with van der Waals surface area (Å²) in [7, 11) is 0. The fraction of sp³-hybridized carbons (Fsp3) is 0.143. The molecule has 0 unspecified atom stereocenters. The van der Waals surface area contributed by atoms with Gasteiger partial charge in [0.15, 0.2) is 0 Å². The standard InChI is InChI=1S/C14H12BrClN2O2/c1-9-5-10(15)7-11(6-9)17-8-12-13(16)3-2-4-14(12)18(19)20/h2-7,17H,8H2,1H3. The fourth-order valence-electron chi connectivity index (χ4n) is 1.92. The Labute approximate surface area is 130 Å². The Morgan fingerprint density at radius 2 is 2.10 bits per heavy atom. The van der Waals surface area contributed by atoms with Gasteiger partial charge in [-0.05, 0) is 36.8 Å². The Morgan fingerprint density at radius 3 is 2.75 bits per heavy atom. The van der Waals surface area contributed by atoms with Crippen LogP contribution in [-0.2, 0) is 6.54 Å². The number of benzene rings is 2. The van der Waals surface area contributed by atoms with Crippen LogP contribution in [0.15, 0.2) is 40.9 Å². The molecule has 2 aromatic rings. The molecule has 2 rings (SSSR count). The zero-order valence-electron chi connectivity index (χ0n) is 10.7. The lowest BCUT2D eigenvalue weighted by molar-refractivity contribution is -0.385. The number of nitro groups is 1. The van der Waals surface area contributed by atoms with Gasteiger partial charge in [0.2, 0.25) is 0 Å². The third-order valence-electron chi connectivity index (χ3n) is 2.80. The van der Waals surface area contributed by atoms with E-state index in [-0.39, 0.29) is 5.69 Å². The van der Waals surface area contributed by atoms with Gasteiger partial charge in [-0.1, -0.05) is 33.6 Å². The summed E-state index contributed by atoms with van der Waals surface area (Å²) in [5.74, 6) is 0. The minimum atomic E-state index is -0.422. The summed E-state index contributed by atoms with van der Waals surface area (Å²) in [5, 5.41) is 14.6. The van der Waals surface area contributed by atoms with Crippen molar-refractivity contribution >= 4 is 38.9 Å². The van der Waals surface area contributed by atoms with Gasteiger partial charge >= 0.3 is 0 Å². The van der Waals surface area contributed by atoms with Gasteiger partial charge in [-0.15, -0.1) is 0 Å². The van der Waals surface area contributed by atoms with Gasteiger partial charge in [0, 0.05) is 22.8 Å². The first-order valence-corrected chi connectivity index (χ1v) is 7.07. The Morgan fingerprint density at radius 1 is 1.35 bits per heavy atom. The molecule has 6 heteroatoms. The van der Waals surface area contributed by atoms with Gasteiger partial charge in [-0.3, -0.25) is 10.1 Å². The van der Waals surface area contributed by atoms with E-state index in [2.05, 4.69) is 21.2 Å². The van der Waals surface area contributed by atoms with Gasteiger partial charge in [0.05, 0.1) is 15.5 Å². The minimum Gasteiger partial charge on any atom is -0.381 e. The number of halogens is 2. The van der Waals surface area contributed by atoms with Crippen molar-refractivity contribution in [1.29, 1.82) is 0 Å². The molecule has 0 saturated carbocycles. The van der Waals surface area contributed by atoms with Crippen molar-refractivity contribution in [3.05, 3.63) is 67.1 Å². The summed E-state index contributed by atoms with van der Waals surface area (Å²) in [6.45, 7) is 2.28. The van der Waals surface area contributed by atoms with Crippen LogP contribution < -0.4 is 5.32 Å². The molecule has 1 N–H and O–H groups in total. The van der Waals surface area contributed by atoms with E-state index in [1.165, 1.54) is 6.07 Å². The quantitative estimate of drug-likeness (QED) is 0.625. The first kappa shape index (κ1) is 14.8. The molecule has 0 fully saturated rings. The molecule has 0 aliphatic carbocycles. The van der Waals surface area contributed by atoms with Crippen molar-refractivity contribution in [1.82, 2.24) is 0 Å². The molecule has 0 bridgehead atoms. The first-order chi connectivity index (χ1) is 9.47. The summed E-state index contributed by atoms with van der Waals surface area (Å²) in [4.78, 5) is 10.6. The van der Waals surface area contributed by atoms with E-state index in [4.69, 9.17) is 11.6 Å². The van der Waals surface area contributed by atoms with Crippen molar-refractivity contribution in [2.24, 2.45) is 0 Å². The Hall–Kier alpha value is -1.59. The summed E-state index contributed by atoms with van der Waals surface area (Å²) in [5.41, 5.74) is 2.48. The molecule has 0 heterocycles. The average Bonchev–Trinajstić information content (AvgIpc) is 2.35. The number of hydrogen-bond donors (Lipinski definition) is 1. The monoisotopic (exact) mass is 354 g/mol.